The van der Waals surface area contributed by atoms with Gasteiger partial charge in [0.25, 0.3) is 0 Å². The van der Waals surface area contributed by atoms with Crippen LogP contribution in [0.2, 0.25) is 0 Å². The van der Waals surface area contributed by atoms with Crippen LogP contribution in [0.15, 0.2) is 12.3 Å². The number of hydrogen-bond donors (Lipinski definition) is 1. The standard InChI is InChI=1S/C18H26N4OS/c23-11-10-22-9-7-15(20-22)14-4-3-8-21(12-14)13-18-19-16-5-1-2-6-17(16)24-18/h7,9,14,23H,1-6,8,10-13H2. The average molecular weight is 347 g/mol. The van der Waals surface area contributed by atoms with Gasteiger partial charge in [0.1, 0.15) is 5.01 Å². The van der Waals surface area contributed by atoms with Crippen LogP contribution in [-0.4, -0.2) is 44.5 Å². The Hall–Kier alpha value is -1.24. The van der Waals surface area contributed by atoms with Crippen molar-refractivity contribution in [2.45, 2.75) is 57.5 Å². The first kappa shape index (κ1) is 16.2. The predicted octanol–water partition coefficient (Wildman–Crippen LogP) is 2.59. The third-order valence-electron chi connectivity index (χ3n) is 5.16. The van der Waals surface area contributed by atoms with Crippen molar-refractivity contribution in [3.63, 3.8) is 0 Å². The van der Waals surface area contributed by atoms with Crippen molar-refractivity contribution in [2.24, 2.45) is 0 Å². The fourth-order valence-corrected chi connectivity index (χ4v) is 5.13. The molecule has 130 valence electrons. The maximum Gasteiger partial charge on any atom is 0.107 e. The smallest absolute Gasteiger partial charge is 0.107 e. The molecule has 0 saturated carbocycles. The van der Waals surface area contributed by atoms with Gasteiger partial charge in [-0.2, -0.15) is 5.10 Å². The fourth-order valence-electron chi connectivity index (χ4n) is 3.93. The lowest BCUT2D eigenvalue weighted by molar-refractivity contribution is 0.197. The second-order valence-electron chi connectivity index (χ2n) is 6.99. The summed E-state index contributed by atoms with van der Waals surface area (Å²) in [6.07, 6.45) is 9.47. The number of fused-ring (bicyclic) bond motifs is 1. The van der Waals surface area contributed by atoms with Gasteiger partial charge in [-0.05, 0) is 51.1 Å². The van der Waals surface area contributed by atoms with Crippen molar-refractivity contribution >= 4 is 11.3 Å². The predicted molar refractivity (Wildman–Crippen MR) is 95.3 cm³/mol. The normalized spacial score (nSPS) is 21.8. The minimum Gasteiger partial charge on any atom is -0.394 e. The molecule has 2 aromatic rings. The van der Waals surface area contributed by atoms with Crippen molar-refractivity contribution in [3.05, 3.63) is 33.5 Å². The molecule has 5 nitrogen and oxygen atoms in total. The van der Waals surface area contributed by atoms with E-state index in [0.29, 0.717) is 12.5 Å². The highest BCUT2D eigenvalue weighted by Crippen LogP contribution is 2.30. The lowest BCUT2D eigenvalue weighted by Crippen LogP contribution is -2.34. The highest BCUT2D eigenvalue weighted by Gasteiger charge is 2.24. The zero-order valence-electron chi connectivity index (χ0n) is 14.2. The van der Waals surface area contributed by atoms with Crippen LogP contribution in [0.3, 0.4) is 0 Å². The number of piperidine rings is 1. The molecule has 24 heavy (non-hydrogen) atoms. The van der Waals surface area contributed by atoms with Crippen LogP contribution in [0.4, 0.5) is 0 Å². The second-order valence-corrected chi connectivity index (χ2v) is 8.15. The number of thiazole rings is 1. The van der Waals surface area contributed by atoms with E-state index >= 15 is 0 Å². The molecule has 0 amide bonds. The van der Waals surface area contributed by atoms with Crippen LogP contribution in [-0.2, 0) is 25.9 Å². The van der Waals surface area contributed by atoms with Gasteiger partial charge in [-0.25, -0.2) is 4.98 Å². The Balaban J connectivity index is 1.40. The van der Waals surface area contributed by atoms with Crippen LogP contribution in [0.1, 0.15) is 52.9 Å². The van der Waals surface area contributed by atoms with Gasteiger partial charge in [0, 0.05) is 23.5 Å². The Kier molecular flexibility index (Phi) is 4.96. The van der Waals surface area contributed by atoms with Gasteiger partial charge in [0.05, 0.1) is 31.1 Å². The van der Waals surface area contributed by atoms with E-state index in [0.717, 1.165) is 19.6 Å². The molecule has 2 aliphatic rings. The Morgan fingerprint density at radius 3 is 3.04 bits per heavy atom. The number of aryl methyl sites for hydroxylation is 2. The number of rotatable bonds is 5. The molecule has 0 aromatic carbocycles. The topological polar surface area (TPSA) is 54.2 Å². The fraction of sp³-hybridized carbons (Fsp3) is 0.667. The van der Waals surface area contributed by atoms with Crippen LogP contribution in [0.25, 0.3) is 0 Å². The molecule has 1 unspecified atom stereocenters. The number of nitrogens with zero attached hydrogens (tertiary/aromatic N) is 4. The number of aliphatic hydroxyl groups excluding tert-OH is 1. The molecule has 1 saturated heterocycles. The molecule has 1 aliphatic carbocycles. The molecular weight excluding hydrogens is 320 g/mol. The summed E-state index contributed by atoms with van der Waals surface area (Å²) >= 11 is 1.94. The molecule has 1 aliphatic heterocycles. The quantitative estimate of drug-likeness (QED) is 0.904. The highest BCUT2D eigenvalue weighted by atomic mass is 32.1. The van der Waals surface area contributed by atoms with Crippen molar-refractivity contribution in [1.82, 2.24) is 19.7 Å². The SMILES string of the molecule is OCCn1ccc(C2CCCN(Cc3nc4c(s3)CCCC4)C2)n1. The van der Waals surface area contributed by atoms with Gasteiger partial charge in [0.2, 0.25) is 0 Å². The van der Waals surface area contributed by atoms with Crippen LogP contribution in [0.5, 0.6) is 0 Å². The van der Waals surface area contributed by atoms with E-state index in [1.807, 2.05) is 22.2 Å². The van der Waals surface area contributed by atoms with Crippen molar-refractivity contribution in [3.8, 4) is 0 Å². The van der Waals surface area contributed by atoms with E-state index in [4.69, 9.17) is 10.1 Å². The molecule has 0 bridgehead atoms. The summed E-state index contributed by atoms with van der Waals surface area (Å²) in [6.45, 7) is 3.96. The van der Waals surface area contributed by atoms with Crippen LogP contribution < -0.4 is 0 Å². The Morgan fingerprint density at radius 1 is 1.25 bits per heavy atom. The molecule has 1 fully saturated rings. The largest absolute Gasteiger partial charge is 0.394 e. The Labute approximate surface area is 147 Å². The highest BCUT2D eigenvalue weighted by molar-refractivity contribution is 7.11. The zero-order chi connectivity index (χ0) is 16.4. The summed E-state index contributed by atoms with van der Waals surface area (Å²) in [7, 11) is 0. The first-order valence-electron chi connectivity index (χ1n) is 9.16. The summed E-state index contributed by atoms with van der Waals surface area (Å²) < 4.78 is 1.85. The Morgan fingerprint density at radius 2 is 2.17 bits per heavy atom. The first-order chi connectivity index (χ1) is 11.8. The van der Waals surface area contributed by atoms with Gasteiger partial charge in [-0.15, -0.1) is 11.3 Å². The summed E-state index contributed by atoms with van der Waals surface area (Å²) in [5.74, 6) is 0.508. The lowest BCUT2D eigenvalue weighted by atomic mass is 9.95. The monoisotopic (exact) mass is 346 g/mol. The van der Waals surface area contributed by atoms with Crippen molar-refractivity contribution in [2.75, 3.05) is 19.7 Å². The van der Waals surface area contributed by atoms with E-state index in [9.17, 15) is 0 Å². The third-order valence-corrected chi connectivity index (χ3v) is 6.31. The van der Waals surface area contributed by atoms with Crippen molar-refractivity contribution in [1.29, 1.82) is 0 Å². The molecule has 6 heteroatoms. The molecule has 1 N–H and O–H groups in total. The second kappa shape index (κ2) is 7.33. The minimum absolute atomic E-state index is 0.145. The van der Waals surface area contributed by atoms with Gasteiger partial charge in [-0.3, -0.25) is 9.58 Å². The summed E-state index contributed by atoms with van der Waals surface area (Å²) in [5, 5.41) is 15.0. The summed E-state index contributed by atoms with van der Waals surface area (Å²) in [5.41, 5.74) is 2.55. The number of aliphatic hydroxyl groups is 1. The van der Waals surface area contributed by atoms with E-state index in [1.165, 1.54) is 59.8 Å². The summed E-state index contributed by atoms with van der Waals surface area (Å²) in [4.78, 5) is 8.98. The van der Waals surface area contributed by atoms with Gasteiger partial charge >= 0.3 is 0 Å². The van der Waals surface area contributed by atoms with Crippen molar-refractivity contribution < 1.29 is 5.11 Å². The van der Waals surface area contributed by atoms with Crippen LogP contribution >= 0.6 is 11.3 Å². The maximum absolute atomic E-state index is 9.04. The molecular formula is C18H26N4OS. The molecule has 0 radical (unpaired) electrons. The first-order valence-corrected chi connectivity index (χ1v) is 9.97. The van der Waals surface area contributed by atoms with Gasteiger partial charge in [-0.1, -0.05) is 0 Å². The number of hydrogen-bond acceptors (Lipinski definition) is 5. The summed E-state index contributed by atoms with van der Waals surface area (Å²) in [6, 6.07) is 2.12. The van der Waals surface area contributed by atoms with Gasteiger partial charge < -0.3 is 5.11 Å². The van der Waals surface area contributed by atoms with Gasteiger partial charge in [0.15, 0.2) is 0 Å². The number of likely N-dealkylation sites (tertiary alicyclic amines) is 1. The van der Waals surface area contributed by atoms with E-state index < -0.39 is 0 Å². The van der Waals surface area contributed by atoms with Crippen LogP contribution in [0, 0.1) is 0 Å². The minimum atomic E-state index is 0.145. The maximum atomic E-state index is 9.04. The van der Waals surface area contributed by atoms with E-state index in [2.05, 4.69) is 16.1 Å². The molecule has 0 spiro atoms. The lowest BCUT2D eigenvalue weighted by Gasteiger charge is -2.31. The molecule has 2 aromatic heterocycles. The van der Waals surface area contributed by atoms with E-state index in [-0.39, 0.29) is 6.61 Å². The number of aromatic nitrogens is 3. The zero-order valence-corrected chi connectivity index (χ0v) is 15.0. The third kappa shape index (κ3) is 3.55. The van der Waals surface area contributed by atoms with E-state index in [1.54, 1.807) is 0 Å². The molecule has 1 atom stereocenters. The molecule has 3 heterocycles. The average Bonchev–Trinajstić information content (AvgIpc) is 3.21. The molecule has 4 rings (SSSR count). The Bertz CT molecular complexity index is 657.